The van der Waals surface area contributed by atoms with Crippen LogP contribution in [0, 0.1) is 6.92 Å². The fraction of sp³-hybridized carbons (Fsp3) is 0.188. The Bertz CT molecular complexity index is 802. The summed E-state index contributed by atoms with van der Waals surface area (Å²) in [5.41, 5.74) is 2.94. The second-order valence-electron chi connectivity index (χ2n) is 5.18. The maximum atomic E-state index is 12.0. The molecule has 0 atom stereocenters. The molecule has 22 heavy (non-hydrogen) atoms. The predicted octanol–water partition coefficient (Wildman–Crippen LogP) is 2.23. The number of carbonyl (C=O) groups is 1. The van der Waals surface area contributed by atoms with Gasteiger partial charge in [-0.1, -0.05) is 24.3 Å². The Morgan fingerprint density at radius 2 is 2.09 bits per heavy atom. The first-order valence-corrected chi connectivity index (χ1v) is 7.00. The highest BCUT2D eigenvalue weighted by molar-refractivity contribution is 6.03. The summed E-state index contributed by atoms with van der Waals surface area (Å²) in [4.78, 5) is 12.0. The average Bonchev–Trinajstić information content (AvgIpc) is 3.11. The van der Waals surface area contributed by atoms with Crippen LogP contribution in [0.1, 0.15) is 21.5 Å². The van der Waals surface area contributed by atoms with E-state index in [0.717, 1.165) is 0 Å². The molecule has 2 heterocycles. The van der Waals surface area contributed by atoms with E-state index in [1.165, 1.54) is 17.3 Å². The molecule has 3 aromatic rings. The van der Waals surface area contributed by atoms with Crippen molar-refractivity contribution < 1.29 is 4.79 Å². The Hall–Kier alpha value is -2.89. The van der Waals surface area contributed by atoms with Crippen LogP contribution in [0.2, 0.25) is 0 Å². The molecular formula is C16H17N5O. The second kappa shape index (κ2) is 5.85. The smallest absolute Gasteiger partial charge is 0.260 e. The summed E-state index contributed by atoms with van der Waals surface area (Å²) in [5, 5.41) is 11.1. The first-order chi connectivity index (χ1) is 10.6. The zero-order valence-electron chi connectivity index (χ0n) is 12.5. The lowest BCUT2D eigenvalue weighted by Gasteiger charge is -2.05. The Labute approximate surface area is 128 Å². The van der Waals surface area contributed by atoms with Crippen molar-refractivity contribution in [3.05, 3.63) is 65.6 Å². The molecule has 1 aromatic carbocycles. The summed E-state index contributed by atoms with van der Waals surface area (Å²) in [6.07, 6.45) is 5.05. The van der Waals surface area contributed by atoms with Crippen LogP contribution < -0.4 is 5.32 Å². The molecular weight excluding hydrogens is 278 g/mol. The fourth-order valence-electron chi connectivity index (χ4n) is 2.21. The van der Waals surface area contributed by atoms with Crippen LogP contribution in [0.15, 0.2) is 48.9 Å². The Kier molecular flexibility index (Phi) is 3.74. The number of nitrogens with zero attached hydrogens (tertiary/aromatic N) is 4. The van der Waals surface area contributed by atoms with E-state index < -0.39 is 0 Å². The molecule has 0 aliphatic rings. The molecule has 112 valence electrons. The highest BCUT2D eigenvalue weighted by Crippen LogP contribution is 2.11. The summed E-state index contributed by atoms with van der Waals surface area (Å²) >= 11 is 0. The van der Waals surface area contributed by atoms with Crippen molar-refractivity contribution in [2.75, 3.05) is 5.32 Å². The van der Waals surface area contributed by atoms with Crippen molar-refractivity contribution in [3.63, 3.8) is 0 Å². The molecule has 0 bridgehead atoms. The van der Waals surface area contributed by atoms with Crippen molar-refractivity contribution in [2.24, 2.45) is 7.05 Å². The third-order valence-corrected chi connectivity index (χ3v) is 3.44. The maximum Gasteiger partial charge on any atom is 0.260 e. The van der Waals surface area contributed by atoms with Crippen LogP contribution in [-0.2, 0) is 13.6 Å². The minimum atomic E-state index is -0.214. The lowest BCUT2D eigenvalue weighted by Crippen LogP contribution is -2.12. The Balaban J connectivity index is 1.69. The van der Waals surface area contributed by atoms with Gasteiger partial charge >= 0.3 is 0 Å². The first-order valence-electron chi connectivity index (χ1n) is 7.00. The molecule has 0 fully saturated rings. The summed E-state index contributed by atoms with van der Waals surface area (Å²) in [6.45, 7) is 2.75. The third-order valence-electron chi connectivity index (χ3n) is 3.44. The van der Waals surface area contributed by atoms with E-state index in [1.54, 1.807) is 28.7 Å². The van der Waals surface area contributed by atoms with Crippen LogP contribution in [0.3, 0.4) is 0 Å². The maximum absolute atomic E-state index is 12.0. The average molecular weight is 295 g/mol. The van der Waals surface area contributed by atoms with E-state index in [-0.39, 0.29) is 5.91 Å². The van der Waals surface area contributed by atoms with Gasteiger partial charge in [0, 0.05) is 25.5 Å². The molecule has 6 heteroatoms. The van der Waals surface area contributed by atoms with Gasteiger partial charge in [0.2, 0.25) is 0 Å². The van der Waals surface area contributed by atoms with Gasteiger partial charge in [0.1, 0.15) is 0 Å². The molecule has 0 aliphatic carbocycles. The molecule has 0 spiro atoms. The molecule has 0 saturated heterocycles. The van der Waals surface area contributed by atoms with Crippen LogP contribution in [0.5, 0.6) is 0 Å². The zero-order chi connectivity index (χ0) is 15.5. The largest absolute Gasteiger partial charge is 0.305 e. The van der Waals surface area contributed by atoms with E-state index in [9.17, 15) is 4.79 Å². The van der Waals surface area contributed by atoms with Crippen molar-refractivity contribution >= 4 is 11.7 Å². The van der Waals surface area contributed by atoms with Gasteiger partial charge in [0.15, 0.2) is 5.82 Å². The van der Waals surface area contributed by atoms with Crippen molar-refractivity contribution in [3.8, 4) is 0 Å². The normalized spacial score (nSPS) is 10.6. The highest BCUT2D eigenvalue weighted by atomic mass is 16.1. The summed E-state index contributed by atoms with van der Waals surface area (Å²) in [6, 6.07) is 9.96. The number of rotatable bonds is 4. The molecule has 0 unspecified atom stereocenters. The van der Waals surface area contributed by atoms with Gasteiger partial charge in [-0.2, -0.15) is 10.2 Å². The molecule has 0 radical (unpaired) electrons. The number of hydrogen-bond donors (Lipinski definition) is 1. The van der Waals surface area contributed by atoms with E-state index >= 15 is 0 Å². The number of carbonyl (C=O) groups excluding carboxylic acids is 1. The number of anilines is 1. The van der Waals surface area contributed by atoms with Gasteiger partial charge in [0.05, 0.1) is 18.3 Å². The van der Waals surface area contributed by atoms with Crippen molar-refractivity contribution in [1.29, 1.82) is 0 Å². The zero-order valence-corrected chi connectivity index (χ0v) is 12.5. The first kappa shape index (κ1) is 14.1. The molecule has 1 amide bonds. The Morgan fingerprint density at radius 3 is 2.82 bits per heavy atom. The minimum absolute atomic E-state index is 0.214. The number of aromatic nitrogens is 4. The molecule has 2 aromatic heterocycles. The van der Waals surface area contributed by atoms with Crippen LogP contribution in [0.25, 0.3) is 0 Å². The number of nitrogens with one attached hydrogen (secondary N) is 1. The Morgan fingerprint density at radius 1 is 1.27 bits per heavy atom. The number of hydrogen-bond acceptors (Lipinski definition) is 3. The van der Waals surface area contributed by atoms with Gasteiger partial charge in [-0.05, 0) is 18.1 Å². The molecule has 0 aliphatic heterocycles. The predicted molar refractivity (Wildman–Crippen MR) is 83.7 cm³/mol. The van der Waals surface area contributed by atoms with Gasteiger partial charge < -0.3 is 5.32 Å². The topological polar surface area (TPSA) is 64.7 Å². The summed E-state index contributed by atoms with van der Waals surface area (Å²) < 4.78 is 3.40. The number of benzene rings is 1. The van der Waals surface area contributed by atoms with E-state index in [4.69, 9.17) is 0 Å². The van der Waals surface area contributed by atoms with Crippen LogP contribution in [-0.4, -0.2) is 25.5 Å². The van der Waals surface area contributed by atoms with Crippen LogP contribution in [0.4, 0.5) is 5.82 Å². The fourth-order valence-corrected chi connectivity index (χ4v) is 2.21. The lowest BCUT2D eigenvalue weighted by atomic mass is 10.1. The quantitative estimate of drug-likeness (QED) is 0.802. The standard InChI is InChI=1S/C16H17N5O/c1-12-5-3-4-6-13(12)11-21-8-7-15(19-21)18-16(22)14-9-17-20(2)10-14/h3-10H,11H2,1-2H3,(H,18,19,22). The lowest BCUT2D eigenvalue weighted by molar-refractivity contribution is 0.102. The van der Waals surface area contributed by atoms with Crippen molar-refractivity contribution in [2.45, 2.75) is 13.5 Å². The third kappa shape index (κ3) is 3.06. The molecule has 0 saturated carbocycles. The van der Waals surface area contributed by atoms with Gasteiger partial charge in [0.25, 0.3) is 5.91 Å². The minimum Gasteiger partial charge on any atom is -0.305 e. The van der Waals surface area contributed by atoms with Gasteiger partial charge in [-0.25, -0.2) is 0 Å². The number of amides is 1. The van der Waals surface area contributed by atoms with E-state index in [1.807, 2.05) is 18.3 Å². The molecule has 3 rings (SSSR count). The summed E-state index contributed by atoms with van der Waals surface area (Å²) in [5.74, 6) is 0.316. The van der Waals surface area contributed by atoms with Gasteiger partial charge in [-0.3, -0.25) is 14.2 Å². The number of aryl methyl sites for hydroxylation is 2. The highest BCUT2D eigenvalue weighted by Gasteiger charge is 2.10. The SMILES string of the molecule is Cc1ccccc1Cn1ccc(NC(=O)c2cnn(C)c2)n1. The van der Waals surface area contributed by atoms with Gasteiger partial charge in [-0.15, -0.1) is 0 Å². The van der Waals surface area contributed by atoms with E-state index in [0.29, 0.717) is 17.9 Å². The van der Waals surface area contributed by atoms with E-state index in [2.05, 4.69) is 34.6 Å². The monoisotopic (exact) mass is 295 g/mol. The van der Waals surface area contributed by atoms with Crippen molar-refractivity contribution in [1.82, 2.24) is 19.6 Å². The van der Waals surface area contributed by atoms with Crippen LogP contribution >= 0.6 is 0 Å². The summed E-state index contributed by atoms with van der Waals surface area (Å²) in [7, 11) is 1.77. The molecule has 1 N–H and O–H groups in total. The second-order valence-corrected chi connectivity index (χ2v) is 5.18. The molecule has 6 nitrogen and oxygen atoms in total.